The van der Waals surface area contributed by atoms with Crippen LogP contribution in [0, 0.1) is 30.6 Å². The van der Waals surface area contributed by atoms with E-state index in [0.29, 0.717) is 11.5 Å². The van der Waals surface area contributed by atoms with Gasteiger partial charge < -0.3 is 9.47 Å². The minimum absolute atomic E-state index is 0.00595. The first-order valence-electron chi connectivity index (χ1n) is 14.5. The van der Waals surface area contributed by atoms with Crippen LogP contribution in [-0.2, 0) is 9.59 Å². The van der Waals surface area contributed by atoms with Crippen LogP contribution in [0.3, 0.4) is 0 Å². The lowest BCUT2D eigenvalue weighted by atomic mass is 9.80. The van der Waals surface area contributed by atoms with Crippen molar-refractivity contribution in [2.24, 2.45) is 23.7 Å². The summed E-state index contributed by atoms with van der Waals surface area (Å²) in [4.78, 5) is 25.5. The van der Waals surface area contributed by atoms with Gasteiger partial charge in [-0.05, 0) is 93.9 Å². The Morgan fingerprint density at radius 1 is 0.714 bits per heavy atom. The molecule has 2 aliphatic carbocycles. The summed E-state index contributed by atoms with van der Waals surface area (Å²) < 4.78 is 11.5. The molecule has 0 amide bonds. The SMILES string of the molecule is CCCCCC1CCC(C(=O)Oc2ccc(OC(=O)C3CCC(CCCCC)CC3)c(C)c2)CC1. The van der Waals surface area contributed by atoms with Crippen LogP contribution in [0.5, 0.6) is 11.5 Å². The smallest absolute Gasteiger partial charge is 0.314 e. The molecular formula is C31H48O4. The van der Waals surface area contributed by atoms with Crippen LogP contribution >= 0.6 is 0 Å². The monoisotopic (exact) mass is 484 g/mol. The van der Waals surface area contributed by atoms with Crippen LogP contribution in [0.4, 0.5) is 0 Å². The van der Waals surface area contributed by atoms with E-state index in [-0.39, 0.29) is 23.8 Å². The number of unbranched alkanes of at least 4 members (excludes halogenated alkanes) is 4. The van der Waals surface area contributed by atoms with Gasteiger partial charge in [0, 0.05) is 0 Å². The third-order valence-corrected chi connectivity index (χ3v) is 8.37. The molecule has 196 valence electrons. The quantitative estimate of drug-likeness (QED) is 0.169. The fraction of sp³-hybridized carbons (Fsp3) is 0.742. The maximum absolute atomic E-state index is 12.8. The maximum atomic E-state index is 12.8. The number of ether oxygens (including phenoxy) is 2. The van der Waals surface area contributed by atoms with E-state index < -0.39 is 0 Å². The predicted molar refractivity (Wildman–Crippen MR) is 142 cm³/mol. The summed E-state index contributed by atoms with van der Waals surface area (Å²) in [6.07, 6.45) is 18.7. The number of hydrogen-bond donors (Lipinski definition) is 0. The Kier molecular flexibility index (Phi) is 11.6. The molecule has 0 spiro atoms. The molecule has 1 aromatic carbocycles. The zero-order chi connectivity index (χ0) is 25.0. The molecule has 0 atom stereocenters. The third-order valence-electron chi connectivity index (χ3n) is 8.37. The molecule has 0 radical (unpaired) electrons. The second kappa shape index (κ2) is 14.7. The number of aryl methyl sites for hydroxylation is 1. The normalized spacial score (nSPS) is 24.7. The minimum Gasteiger partial charge on any atom is -0.426 e. The molecule has 2 saturated carbocycles. The summed E-state index contributed by atoms with van der Waals surface area (Å²) in [6, 6.07) is 5.35. The van der Waals surface area contributed by atoms with E-state index >= 15 is 0 Å². The molecule has 3 rings (SSSR count). The van der Waals surface area contributed by atoms with Gasteiger partial charge >= 0.3 is 11.9 Å². The second-order valence-corrected chi connectivity index (χ2v) is 11.2. The van der Waals surface area contributed by atoms with Crippen molar-refractivity contribution in [1.29, 1.82) is 0 Å². The third kappa shape index (κ3) is 8.95. The number of carbonyl (C=O) groups is 2. The van der Waals surface area contributed by atoms with Gasteiger partial charge in [-0.3, -0.25) is 9.59 Å². The molecule has 35 heavy (non-hydrogen) atoms. The topological polar surface area (TPSA) is 52.6 Å². The van der Waals surface area contributed by atoms with Crippen LogP contribution < -0.4 is 9.47 Å². The fourth-order valence-electron chi connectivity index (χ4n) is 5.93. The predicted octanol–water partition coefficient (Wildman–Crippen LogP) is 8.58. The molecular weight excluding hydrogens is 436 g/mol. The van der Waals surface area contributed by atoms with E-state index in [0.717, 1.165) is 68.8 Å². The first-order chi connectivity index (χ1) is 17.0. The summed E-state index contributed by atoms with van der Waals surface area (Å²) in [5.41, 5.74) is 0.830. The van der Waals surface area contributed by atoms with Gasteiger partial charge in [-0.2, -0.15) is 0 Å². The van der Waals surface area contributed by atoms with Gasteiger partial charge in [0.25, 0.3) is 0 Å². The van der Waals surface area contributed by atoms with Crippen molar-refractivity contribution >= 4 is 11.9 Å². The first kappa shape index (κ1) is 27.7. The molecule has 4 nitrogen and oxygen atoms in total. The highest BCUT2D eigenvalue weighted by Gasteiger charge is 2.29. The Morgan fingerprint density at radius 3 is 1.66 bits per heavy atom. The molecule has 0 aliphatic heterocycles. The Hall–Kier alpha value is -1.84. The molecule has 0 saturated heterocycles. The average Bonchev–Trinajstić information content (AvgIpc) is 2.87. The van der Waals surface area contributed by atoms with Gasteiger partial charge in [0.1, 0.15) is 11.5 Å². The first-order valence-corrected chi connectivity index (χ1v) is 14.5. The number of rotatable bonds is 12. The van der Waals surface area contributed by atoms with E-state index in [1.807, 2.05) is 13.0 Å². The zero-order valence-electron chi connectivity index (χ0n) is 22.5. The highest BCUT2D eigenvalue weighted by molar-refractivity contribution is 5.76. The number of hydrogen-bond acceptors (Lipinski definition) is 4. The lowest BCUT2D eigenvalue weighted by Crippen LogP contribution is -2.26. The van der Waals surface area contributed by atoms with Crippen molar-refractivity contribution in [2.45, 2.75) is 124 Å². The second-order valence-electron chi connectivity index (χ2n) is 11.2. The molecule has 0 N–H and O–H groups in total. The number of carbonyl (C=O) groups excluding carboxylic acids is 2. The highest BCUT2D eigenvalue weighted by atomic mass is 16.5. The minimum atomic E-state index is -0.114. The Balaban J connectivity index is 1.42. The molecule has 2 fully saturated rings. The highest BCUT2D eigenvalue weighted by Crippen LogP contribution is 2.35. The van der Waals surface area contributed by atoms with Crippen molar-refractivity contribution in [2.75, 3.05) is 0 Å². The molecule has 0 aromatic heterocycles. The Labute approximate surface area is 213 Å². The number of benzene rings is 1. The van der Waals surface area contributed by atoms with Gasteiger partial charge in [0.05, 0.1) is 11.8 Å². The van der Waals surface area contributed by atoms with Crippen molar-refractivity contribution in [3.8, 4) is 11.5 Å². The van der Waals surface area contributed by atoms with Crippen LogP contribution in [0.2, 0.25) is 0 Å². The number of esters is 2. The lowest BCUT2D eigenvalue weighted by molar-refractivity contribution is -0.141. The molecule has 2 aliphatic rings. The van der Waals surface area contributed by atoms with Gasteiger partial charge in [0.15, 0.2) is 0 Å². The Bertz CT molecular complexity index is 785. The fourth-order valence-corrected chi connectivity index (χ4v) is 5.93. The van der Waals surface area contributed by atoms with E-state index in [9.17, 15) is 9.59 Å². The van der Waals surface area contributed by atoms with Crippen LogP contribution in [0.15, 0.2) is 18.2 Å². The summed E-state index contributed by atoms with van der Waals surface area (Å²) in [6.45, 7) is 6.39. The summed E-state index contributed by atoms with van der Waals surface area (Å²) in [7, 11) is 0. The zero-order valence-corrected chi connectivity index (χ0v) is 22.5. The van der Waals surface area contributed by atoms with E-state index in [1.54, 1.807) is 12.1 Å². The Morgan fingerprint density at radius 2 is 1.20 bits per heavy atom. The summed E-state index contributed by atoms with van der Waals surface area (Å²) >= 11 is 0. The lowest BCUT2D eigenvalue weighted by Gasteiger charge is -2.27. The van der Waals surface area contributed by atoms with Gasteiger partial charge in [-0.15, -0.1) is 0 Å². The van der Waals surface area contributed by atoms with Crippen molar-refractivity contribution < 1.29 is 19.1 Å². The van der Waals surface area contributed by atoms with Crippen LogP contribution in [0.1, 0.15) is 122 Å². The molecule has 1 aromatic rings. The maximum Gasteiger partial charge on any atom is 0.314 e. The van der Waals surface area contributed by atoms with Crippen molar-refractivity contribution in [3.63, 3.8) is 0 Å². The molecule has 4 heteroatoms. The van der Waals surface area contributed by atoms with E-state index in [2.05, 4.69) is 13.8 Å². The molecule has 0 bridgehead atoms. The van der Waals surface area contributed by atoms with E-state index in [4.69, 9.17) is 9.47 Å². The van der Waals surface area contributed by atoms with Crippen molar-refractivity contribution in [1.82, 2.24) is 0 Å². The van der Waals surface area contributed by atoms with Gasteiger partial charge in [-0.1, -0.05) is 65.2 Å². The standard InChI is InChI=1S/C31H48O4/c1-4-6-8-10-24-12-16-26(17-13-24)30(32)34-28-20-21-29(23(3)22-28)35-31(33)27-18-14-25(15-19-27)11-9-7-5-2/h20-22,24-27H,4-19H2,1-3H3. The van der Waals surface area contributed by atoms with Crippen molar-refractivity contribution in [3.05, 3.63) is 23.8 Å². The van der Waals surface area contributed by atoms with E-state index in [1.165, 1.54) is 51.4 Å². The van der Waals surface area contributed by atoms with Gasteiger partial charge in [0.2, 0.25) is 0 Å². The van der Waals surface area contributed by atoms with Crippen LogP contribution in [0.25, 0.3) is 0 Å². The van der Waals surface area contributed by atoms with Gasteiger partial charge in [-0.25, -0.2) is 0 Å². The average molecular weight is 485 g/mol. The molecule has 0 unspecified atom stereocenters. The summed E-state index contributed by atoms with van der Waals surface area (Å²) in [5, 5.41) is 0. The molecule has 0 heterocycles. The largest absolute Gasteiger partial charge is 0.426 e. The van der Waals surface area contributed by atoms with Crippen LogP contribution in [-0.4, -0.2) is 11.9 Å². The summed E-state index contributed by atoms with van der Waals surface area (Å²) in [5.74, 6) is 2.46.